The molecule has 1 N–H and O–H groups in total. The molecule has 0 unspecified atom stereocenters. The smallest absolute Gasteiger partial charge is 0.385 e. The van der Waals surface area contributed by atoms with E-state index in [1.807, 2.05) is 25.1 Å². The lowest BCUT2D eigenvalue weighted by Gasteiger charge is -2.13. The van der Waals surface area contributed by atoms with Crippen molar-refractivity contribution in [3.63, 3.8) is 0 Å². The van der Waals surface area contributed by atoms with Crippen LogP contribution in [0.1, 0.15) is 12.5 Å². The highest BCUT2D eigenvalue weighted by Gasteiger charge is 2.31. The van der Waals surface area contributed by atoms with Crippen LogP contribution in [-0.4, -0.2) is 6.54 Å². The Kier molecular flexibility index (Phi) is 3.79. The zero-order valence-electron chi connectivity index (χ0n) is 10.5. The van der Waals surface area contributed by atoms with Crippen LogP contribution in [0, 0.1) is 0 Å². The van der Waals surface area contributed by atoms with Gasteiger partial charge >= 0.3 is 6.18 Å². The SMILES string of the molecule is CCNc1cc(-c2ccccc2)cc(C(F)(F)F)c1. The number of hydrogen-bond donors (Lipinski definition) is 1. The average molecular weight is 265 g/mol. The highest BCUT2D eigenvalue weighted by Crippen LogP contribution is 2.34. The van der Waals surface area contributed by atoms with Crippen LogP contribution in [-0.2, 0) is 6.18 Å². The molecule has 0 fully saturated rings. The van der Waals surface area contributed by atoms with E-state index in [2.05, 4.69) is 5.32 Å². The third-order valence-electron chi connectivity index (χ3n) is 2.75. The van der Waals surface area contributed by atoms with Gasteiger partial charge in [-0.25, -0.2) is 0 Å². The monoisotopic (exact) mass is 265 g/mol. The summed E-state index contributed by atoms with van der Waals surface area (Å²) in [6.07, 6.45) is -4.34. The molecule has 0 saturated heterocycles. The summed E-state index contributed by atoms with van der Waals surface area (Å²) in [6, 6.07) is 13.1. The molecule has 0 aliphatic carbocycles. The van der Waals surface area contributed by atoms with E-state index in [-0.39, 0.29) is 0 Å². The first kappa shape index (κ1) is 13.5. The van der Waals surface area contributed by atoms with Crippen LogP contribution in [0.5, 0.6) is 0 Å². The van der Waals surface area contributed by atoms with Gasteiger partial charge in [0.25, 0.3) is 0 Å². The van der Waals surface area contributed by atoms with Gasteiger partial charge < -0.3 is 5.32 Å². The fraction of sp³-hybridized carbons (Fsp3) is 0.200. The van der Waals surface area contributed by atoms with E-state index >= 15 is 0 Å². The summed E-state index contributed by atoms with van der Waals surface area (Å²) in [5, 5.41) is 2.93. The second-order valence-corrected chi connectivity index (χ2v) is 4.19. The summed E-state index contributed by atoms with van der Waals surface area (Å²) in [6.45, 7) is 2.43. The van der Waals surface area contributed by atoms with Crippen LogP contribution in [0.2, 0.25) is 0 Å². The highest BCUT2D eigenvalue weighted by atomic mass is 19.4. The van der Waals surface area contributed by atoms with Gasteiger partial charge in [0.1, 0.15) is 0 Å². The maximum Gasteiger partial charge on any atom is 0.416 e. The van der Waals surface area contributed by atoms with Gasteiger partial charge in [-0.2, -0.15) is 13.2 Å². The first-order valence-corrected chi connectivity index (χ1v) is 6.02. The van der Waals surface area contributed by atoms with Crippen molar-refractivity contribution in [2.75, 3.05) is 11.9 Å². The lowest BCUT2D eigenvalue weighted by atomic mass is 10.0. The van der Waals surface area contributed by atoms with Crippen LogP contribution in [0.4, 0.5) is 18.9 Å². The minimum Gasteiger partial charge on any atom is -0.385 e. The molecule has 19 heavy (non-hydrogen) atoms. The Morgan fingerprint density at radius 2 is 1.63 bits per heavy atom. The molecule has 2 aromatic carbocycles. The summed E-state index contributed by atoms with van der Waals surface area (Å²) in [5.74, 6) is 0. The molecular formula is C15H14F3N. The lowest BCUT2D eigenvalue weighted by molar-refractivity contribution is -0.137. The second kappa shape index (κ2) is 5.34. The molecule has 0 bridgehead atoms. The molecule has 100 valence electrons. The molecule has 0 heterocycles. The van der Waals surface area contributed by atoms with Crippen molar-refractivity contribution in [2.45, 2.75) is 13.1 Å². The summed E-state index contributed by atoms with van der Waals surface area (Å²) in [5.41, 5.74) is 1.18. The van der Waals surface area contributed by atoms with Crippen molar-refractivity contribution in [1.29, 1.82) is 0 Å². The Labute approximate surface area is 110 Å². The van der Waals surface area contributed by atoms with Crippen LogP contribution in [0.3, 0.4) is 0 Å². The highest BCUT2D eigenvalue weighted by molar-refractivity contribution is 5.69. The molecule has 2 aromatic rings. The zero-order chi connectivity index (χ0) is 13.9. The quantitative estimate of drug-likeness (QED) is 0.840. The van der Waals surface area contributed by atoms with Gasteiger partial charge in [-0.1, -0.05) is 30.3 Å². The molecule has 0 amide bonds. The largest absolute Gasteiger partial charge is 0.416 e. The normalized spacial score (nSPS) is 11.4. The van der Waals surface area contributed by atoms with E-state index < -0.39 is 11.7 Å². The molecule has 0 atom stereocenters. The second-order valence-electron chi connectivity index (χ2n) is 4.19. The van der Waals surface area contributed by atoms with Gasteiger partial charge in [0, 0.05) is 12.2 Å². The van der Waals surface area contributed by atoms with Crippen LogP contribution >= 0.6 is 0 Å². The average Bonchev–Trinajstić information content (AvgIpc) is 2.39. The number of hydrogen-bond acceptors (Lipinski definition) is 1. The molecule has 0 aromatic heterocycles. The Morgan fingerprint density at radius 1 is 0.947 bits per heavy atom. The van der Waals surface area contributed by atoms with Crippen molar-refractivity contribution in [1.82, 2.24) is 0 Å². The predicted octanol–water partition coefficient (Wildman–Crippen LogP) is 4.80. The van der Waals surface area contributed by atoms with Gasteiger partial charge in [-0.05, 0) is 36.2 Å². The summed E-state index contributed by atoms with van der Waals surface area (Å²) in [7, 11) is 0. The number of benzene rings is 2. The molecule has 1 nitrogen and oxygen atoms in total. The molecular weight excluding hydrogens is 251 g/mol. The van der Waals surface area contributed by atoms with Crippen molar-refractivity contribution in [3.8, 4) is 11.1 Å². The van der Waals surface area contributed by atoms with Gasteiger partial charge in [0.15, 0.2) is 0 Å². The molecule has 0 spiro atoms. The topological polar surface area (TPSA) is 12.0 Å². The van der Waals surface area contributed by atoms with Crippen LogP contribution in [0.25, 0.3) is 11.1 Å². The molecule has 0 radical (unpaired) electrons. The molecule has 0 aliphatic heterocycles. The molecule has 0 aliphatic rings. The number of nitrogens with one attached hydrogen (secondary N) is 1. The van der Waals surface area contributed by atoms with Crippen molar-refractivity contribution in [3.05, 3.63) is 54.1 Å². The van der Waals surface area contributed by atoms with Crippen LogP contribution < -0.4 is 5.32 Å². The van der Waals surface area contributed by atoms with E-state index in [0.29, 0.717) is 17.8 Å². The fourth-order valence-electron chi connectivity index (χ4n) is 1.89. The Balaban J connectivity index is 2.52. The van der Waals surface area contributed by atoms with Gasteiger partial charge in [0.05, 0.1) is 5.56 Å². The van der Waals surface area contributed by atoms with Crippen molar-refractivity contribution in [2.24, 2.45) is 0 Å². The number of halogens is 3. The maximum atomic E-state index is 12.9. The van der Waals surface area contributed by atoms with E-state index in [0.717, 1.165) is 11.6 Å². The Morgan fingerprint density at radius 3 is 2.21 bits per heavy atom. The Hall–Kier alpha value is -1.97. The number of rotatable bonds is 3. The fourth-order valence-corrected chi connectivity index (χ4v) is 1.89. The van der Waals surface area contributed by atoms with Gasteiger partial charge in [0.2, 0.25) is 0 Å². The van der Waals surface area contributed by atoms with E-state index in [4.69, 9.17) is 0 Å². The van der Waals surface area contributed by atoms with Crippen LogP contribution in [0.15, 0.2) is 48.5 Å². The third-order valence-corrected chi connectivity index (χ3v) is 2.75. The minimum absolute atomic E-state index is 0.483. The molecule has 4 heteroatoms. The maximum absolute atomic E-state index is 12.9. The van der Waals surface area contributed by atoms with E-state index in [1.54, 1.807) is 18.2 Å². The third kappa shape index (κ3) is 3.28. The van der Waals surface area contributed by atoms with Crippen molar-refractivity contribution >= 4 is 5.69 Å². The molecule has 2 rings (SSSR count). The standard InChI is InChI=1S/C15H14F3N/c1-2-19-14-9-12(11-6-4-3-5-7-11)8-13(10-14)15(16,17)18/h3-10,19H,2H2,1H3. The van der Waals surface area contributed by atoms with Gasteiger partial charge in [-0.3, -0.25) is 0 Å². The first-order valence-electron chi connectivity index (χ1n) is 6.02. The number of alkyl halides is 3. The first-order chi connectivity index (χ1) is 9.00. The van der Waals surface area contributed by atoms with Crippen molar-refractivity contribution < 1.29 is 13.2 Å². The Bertz CT molecular complexity index is 547. The minimum atomic E-state index is -4.34. The lowest BCUT2D eigenvalue weighted by Crippen LogP contribution is -2.07. The predicted molar refractivity (Wildman–Crippen MR) is 71.0 cm³/mol. The van der Waals surface area contributed by atoms with Gasteiger partial charge in [-0.15, -0.1) is 0 Å². The van der Waals surface area contributed by atoms with E-state index in [1.165, 1.54) is 6.07 Å². The summed E-state index contributed by atoms with van der Waals surface area (Å²) < 4.78 is 38.6. The summed E-state index contributed by atoms with van der Waals surface area (Å²) >= 11 is 0. The number of anilines is 1. The summed E-state index contributed by atoms with van der Waals surface area (Å²) in [4.78, 5) is 0. The van der Waals surface area contributed by atoms with E-state index in [9.17, 15) is 13.2 Å². The zero-order valence-corrected chi connectivity index (χ0v) is 10.5. The molecule has 0 saturated carbocycles.